The van der Waals surface area contributed by atoms with Crippen molar-refractivity contribution in [3.05, 3.63) is 194 Å². The van der Waals surface area contributed by atoms with Crippen LogP contribution in [-0.4, -0.2) is 37.2 Å². The summed E-state index contributed by atoms with van der Waals surface area (Å²) in [6.07, 6.45) is 95.8. The molecule has 6 heteroatoms. The largest absolute Gasteiger partial charge is 0.462 e. The predicted octanol–water partition coefficient (Wildman–Crippen LogP) is 20.6. The van der Waals surface area contributed by atoms with Gasteiger partial charge in [-0.3, -0.25) is 14.4 Å². The van der Waals surface area contributed by atoms with E-state index in [1.54, 1.807) is 0 Å². The minimum Gasteiger partial charge on any atom is -0.462 e. The highest BCUT2D eigenvalue weighted by atomic mass is 16.6. The van der Waals surface area contributed by atoms with Crippen LogP contribution in [0.2, 0.25) is 0 Å². The molecule has 6 nitrogen and oxygen atoms in total. The molecule has 0 saturated heterocycles. The molecule has 0 aliphatic carbocycles. The molecular formula is C71H106O6. The molecule has 0 rings (SSSR count). The van der Waals surface area contributed by atoms with Gasteiger partial charge in [-0.1, -0.05) is 247 Å². The van der Waals surface area contributed by atoms with Gasteiger partial charge in [0, 0.05) is 19.3 Å². The Hall–Kier alpha value is -5.75. The zero-order valence-electron chi connectivity index (χ0n) is 48.6. The highest BCUT2D eigenvalue weighted by Gasteiger charge is 2.19. The van der Waals surface area contributed by atoms with Crippen molar-refractivity contribution in [2.24, 2.45) is 0 Å². The Balaban J connectivity index is 4.65. The van der Waals surface area contributed by atoms with Gasteiger partial charge in [-0.15, -0.1) is 0 Å². The van der Waals surface area contributed by atoms with Gasteiger partial charge in [-0.25, -0.2) is 0 Å². The fraction of sp³-hybridized carbons (Fsp3) is 0.507. The Morgan fingerprint density at radius 2 is 0.506 bits per heavy atom. The van der Waals surface area contributed by atoms with E-state index in [4.69, 9.17) is 14.2 Å². The average molecular weight is 1060 g/mol. The monoisotopic (exact) mass is 1050 g/mol. The number of ether oxygens (including phenoxy) is 3. The second-order valence-corrected chi connectivity index (χ2v) is 18.8. The molecule has 0 aromatic carbocycles. The maximum Gasteiger partial charge on any atom is 0.306 e. The van der Waals surface area contributed by atoms with E-state index in [-0.39, 0.29) is 38.0 Å². The molecule has 0 spiro atoms. The zero-order valence-corrected chi connectivity index (χ0v) is 48.6. The summed E-state index contributed by atoms with van der Waals surface area (Å²) in [5, 5.41) is 0. The molecule has 0 N–H and O–H groups in total. The van der Waals surface area contributed by atoms with Gasteiger partial charge in [0.05, 0.1) is 0 Å². The molecule has 0 aliphatic rings. The maximum absolute atomic E-state index is 12.9. The fourth-order valence-corrected chi connectivity index (χ4v) is 7.23. The van der Waals surface area contributed by atoms with Crippen LogP contribution < -0.4 is 0 Å². The first-order valence-electron chi connectivity index (χ1n) is 29.9. The van der Waals surface area contributed by atoms with Crippen LogP contribution in [0, 0.1) is 0 Å². The molecule has 0 aromatic rings. The molecular weight excluding hydrogens is 949 g/mol. The second-order valence-electron chi connectivity index (χ2n) is 18.8. The van der Waals surface area contributed by atoms with E-state index in [0.29, 0.717) is 19.3 Å². The van der Waals surface area contributed by atoms with Crippen molar-refractivity contribution in [1.82, 2.24) is 0 Å². The number of hydrogen-bond donors (Lipinski definition) is 0. The second kappa shape index (κ2) is 62.8. The van der Waals surface area contributed by atoms with E-state index in [1.807, 2.05) is 12.2 Å². The Labute approximate surface area is 471 Å². The quantitative estimate of drug-likeness (QED) is 0.0261. The molecule has 0 amide bonds. The van der Waals surface area contributed by atoms with Gasteiger partial charge in [0.2, 0.25) is 0 Å². The highest BCUT2D eigenvalue weighted by molar-refractivity contribution is 5.71. The van der Waals surface area contributed by atoms with Crippen molar-refractivity contribution in [3.8, 4) is 0 Å². The summed E-state index contributed by atoms with van der Waals surface area (Å²) >= 11 is 0. The van der Waals surface area contributed by atoms with Gasteiger partial charge in [0.15, 0.2) is 6.10 Å². The lowest BCUT2D eigenvalue weighted by atomic mass is 10.1. The smallest absolute Gasteiger partial charge is 0.306 e. The summed E-state index contributed by atoms with van der Waals surface area (Å²) in [6.45, 7) is 6.16. The van der Waals surface area contributed by atoms with Crippen molar-refractivity contribution >= 4 is 17.9 Å². The topological polar surface area (TPSA) is 78.9 Å². The first kappa shape index (κ1) is 71.2. The molecule has 0 aliphatic heterocycles. The van der Waals surface area contributed by atoms with Crippen LogP contribution >= 0.6 is 0 Å². The summed E-state index contributed by atoms with van der Waals surface area (Å²) in [6, 6.07) is 0. The molecule has 426 valence electrons. The standard InChI is InChI=1S/C71H106O6/c1-4-7-10-13-16-19-22-25-28-31-33-34-35-36-38-40-43-46-49-52-55-58-61-64-70(73)76-67-68(66-75-69(72)63-60-57-54-51-48-45-42-39-30-27-24-21-18-15-12-9-6-3)77-71(74)65-62-59-56-53-50-47-44-41-37-32-29-26-23-20-17-14-11-8-5-2/h7-12,16-21,25-30,33-34,36-38,41,43,46-47,50,52,55-56,59,68H,4-6,13-15,22-24,31-32,35,39-40,42,44-45,48-49,51,53-54,57-58,60-67H2,1-3H3/b10-7-,11-8-,12-9-,19-16-,20-17-,21-18-,28-25-,29-26-,30-27-,34-33-,38-36-,41-37-,46-43-,50-47-,55-52-,59-56-. The molecule has 0 fully saturated rings. The third-order valence-electron chi connectivity index (χ3n) is 11.6. The number of hydrogen-bond acceptors (Lipinski definition) is 6. The van der Waals surface area contributed by atoms with Crippen molar-refractivity contribution in [2.75, 3.05) is 13.2 Å². The van der Waals surface area contributed by atoms with Crippen LogP contribution in [0.4, 0.5) is 0 Å². The van der Waals surface area contributed by atoms with Crippen LogP contribution in [0.5, 0.6) is 0 Å². The Bertz CT molecular complexity index is 1880. The van der Waals surface area contributed by atoms with Gasteiger partial charge in [-0.05, 0) is 141 Å². The van der Waals surface area contributed by atoms with E-state index < -0.39 is 12.1 Å². The SMILES string of the molecule is CC/C=C\C/C=C\C/C=C\C/C=C\C/C=C\C/C=C\C/C=C\CCCC(=O)OCC(COC(=O)CCCCCCCCC/C=C\C/C=C\C/C=C\CC)OC(=O)CC/C=C\C/C=C\C/C=C\C/C=C\C/C=C\C/C=C\CC. The number of rotatable bonds is 51. The molecule has 0 aromatic heterocycles. The number of esters is 3. The molecule has 1 atom stereocenters. The number of allylic oxidation sites excluding steroid dienone is 32. The van der Waals surface area contributed by atoms with Crippen molar-refractivity contribution < 1.29 is 28.6 Å². The van der Waals surface area contributed by atoms with Crippen LogP contribution in [0.3, 0.4) is 0 Å². The third kappa shape index (κ3) is 61.0. The van der Waals surface area contributed by atoms with Gasteiger partial charge in [-0.2, -0.15) is 0 Å². The minimum absolute atomic E-state index is 0.143. The normalized spacial score (nSPS) is 13.5. The van der Waals surface area contributed by atoms with E-state index in [0.717, 1.165) is 141 Å². The molecule has 0 radical (unpaired) electrons. The van der Waals surface area contributed by atoms with E-state index in [2.05, 4.69) is 203 Å². The number of carbonyl (C=O) groups is 3. The van der Waals surface area contributed by atoms with Crippen molar-refractivity contribution in [2.45, 2.75) is 219 Å². The third-order valence-corrected chi connectivity index (χ3v) is 11.6. The predicted molar refractivity (Wildman–Crippen MR) is 334 cm³/mol. The summed E-state index contributed by atoms with van der Waals surface area (Å²) < 4.78 is 16.8. The van der Waals surface area contributed by atoms with Crippen LogP contribution in [0.15, 0.2) is 194 Å². The number of unbranched alkanes of at least 4 members (excludes halogenated alkanes) is 8. The molecule has 0 bridgehead atoms. The summed E-state index contributed by atoms with van der Waals surface area (Å²) in [4.78, 5) is 38.2. The average Bonchev–Trinajstić information content (AvgIpc) is 3.43. The van der Waals surface area contributed by atoms with Gasteiger partial charge in [0.1, 0.15) is 13.2 Å². The summed E-state index contributed by atoms with van der Waals surface area (Å²) in [5.41, 5.74) is 0. The molecule has 77 heavy (non-hydrogen) atoms. The molecule has 1 unspecified atom stereocenters. The summed E-state index contributed by atoms with van der Waals surface area (Å²) in [7, 11) is 0. The maximum atomic E-state index is 12.9. The van der Waals surface area contributed by atoms with Crippen molar-refractivity contribution in [3.63, 3.8) is 0 Å². The minimum atomic E-state index is -0.860. The Morgan fingerprint density at radius 3 is 0.831 bits per heavy atom. The van der Waals surface area contributed by atoms with Gasteiger partial charge >= 0.3 is 17.9 Å². The fourth-order valence-electron chi connectivity index (χ4n) is 7.23. The summed E-state index contributed by atoms with van der Waals surface area (Å²) in [5.74, 6) is -1.11. The first-order chi connectivity index (χ1) is 38.0. The van der Waals surface area contributed by atoms with Crippen LogP contribution in [0.25, 0.3) is 0 Å². The van der Waals surface area contributed by atoms with E-state index in [9.17, 15) is 14.4 Å². The highest BCUT2D eigenvalue weighted by Crippen LogP contribution is 2.12. The van der Waals surface area contributed by atoms with E-state index in [1.165, 1.54) is 19.3 Å². The molecule has 0 heterocycles. The lowest BCUT2D eigenvalue weighted by molar-refractivity contribution is -0.166. The van der Waals surface area contributed by atoms with Crippen molar-refractivity contribution in [1.29, 1.82) is 0 Å². The first-order valence-corrected chi connectivity index (χ1v) is 29.9. The Kier molecular flexibility index (Phi) is 58.1. The molecule has 0 saturated carbocycles. The zero-order chi connectivity index (χ0) is 55.7. The van der Waals surface area contributed by atoms with Gasteiger partial charge in [0.25, 0.3) is 0 Å². The van der Waals surface area contributed by atoms with Crippen LogP contribution in [0.1, 0.15) is 213 Å². The van der Waals surface area contributed by atoms with E-state index >= 15 is 0 Å². The van der Waals surface area contributed by atoms with Gasteiger partial charge < -0.3 is 14.2 Å². The Morgan fingerprint density at radius 1 is 0.260 bits per heavy atom. The number of carbonyl (C=O) groups excluding carboxylic acids is 3. The van der Waals surface area contributed by atoms with Crippen LogP contribution in [-0.2, 0) is 28.6 Å². The lowest BCUT2D eigenvalue weighted by Crippen LogP contribution is -2.30. The lowest BCUT2D eigenvalue weighted by Gasteiger charge is -2.18.